The minimum Gasteiger partial charge on any atom is -0.396 e. The van der Waals surface area contributed by atoms with Gasteiger partial charge in [0.1, 0.15) is 0 Å². The first-order valence-electron chi connectivity index (χ1n) is 5.24. The number of nitro benzene ring substituents is 1. The number of benzene rings is 1. The Morgan fingerprint density at radius 1 is 1.47 bits per heavy atom. The average Bonchev–Trinajstić information content (AvgIpc) is 2.28. The summed E-state index contributed by atoms with van der Waals surface area (Å²) in [5, 5.41) is 28.8. The molecule has 94 valence electrons. The summed E-state index contributed by atoms with van der Waals surface area (Å²) >= 11 is 1.52. The van der Waals surface area contributed by atoms with Gasteiger partial charge in [-0.1, -0.05) is 6.92 Å². The lowest BCUT2D eigenvalue weighted by molar-refractivity contribution is -0.385. The molecular formula is C11H15NO4S. The Morgan fingerprint density at radius 3 is 2.71 bits per heavy atom. The highest BCUT2D eigenvalue weighted by Gasteiger charge is 2.14. The lowest BCUT2D eigenvalue weighted by Gasteiger charge is -2.10. The summed E-state index contributed by atoms with van der Waals surface area (Å²) in [6, 6.07) is 4.69. The van der Waals surface area contributed by atoms with Crippen LogP contribution >= 0.6 is 11.8 Å². The van der Waals surface area contributed by atoms with Crippen LogP contribution in [0.25, 0.3) is 0 Å². The Balaban J connectivity index is 2.86. The van der Waals surface area contributed by atoms with Crippen molar-refractivity contribution in [3.8, 4) is 0 Å². The molecule has 0 spiro atoms. The second-order valence-electron chi connectivity index (χ2n) is 3.65. The molecule has 0 heterocycles. The molecule has 5 nitrogen and oxygen atoms in total. The second kappa shape index (κ2) is 6.58. The van der Waals surface area contributed by atoms with Gasteiger partial charge in [0.25, 0.3) is 5.69 Å². The summed E-state index contributed by atoms with van der Waals surface area (Å²) < 4.78 is 0. The lowest BCUT2D eigenvalue weighted by Crippen LogP contribution is -2.00. The number of rotatable bonds is 6. The van der Waals surface area contributed by atoms with Gasteiger partial charge >= 0.3 is 0 Å². The van der Waals surface area contributed by atoms with Gasteiger partial charge in [-0.3, -0.25) is 10.1 Å². The summed E-state index contributed by atoms with van der Waals surface area (Å²) in [5.74, 6) is 0. The van der Waals surface area contributed by atoms with E-state index in [-0.39, 0.29) is 24.2 Å². The molecule has 2 N–H and O–H groups in total. The van der Waals surface area contributed by atoms with E-state index in [1.807, 2.05) is 6.92 Å². The number of thioether (sulfide) groups is 1. The molecule has 0 radical (unpaired) electrons. The van der Waals surface area contributed by atoms with Crippen LogP contribution in [0.3, 0.4) is 0 Å². The summed E-state index contributed by atoms with van der Waals surface area (Å²) in [4.78, 5) is 11.0. The van der Waals surface area contributed by atoms with Crippen molar-refractivity contribution in [2.75, 3.05) is 6.61 Å². The maximum atomic E-state index is 10.7. The van der Waals surface area contributed by atoms with Gasteiger partial charge in [-0.25, -0.2) is 0 Å². The average molecular weight is 257 g/mol. The van der Waals surface area contributed by atoms with E-state index in [0.29, 0.717) is 12.0 Å². The highest BCUT2D eigenvalue weighted by molar-refractivity contribution is 7.99. The molecule has 1 aromatic carbocycles. The largest absolute Gasteiger partial charge is 0.396 e. The van der Waals surface area contributed by atoms with Gasteiger partial charge < -0.3 is 10.2 Å². The molecule has 1 unspecified atom stereocenters. The van der Waals surface area contributed by atoms with Crippen LogP contribution in [0.15, 0.2) is 23.1 Å². The molecule has 0 saturated carbocycles. The van der Waals surface area contributed by atoms with Crippen LogP contribution in [0.1, 0.15) is 18.9 Å². The fourth-order valence-electron chi connectivity index (χ4n) is 1.41. The Bertz CT molecular complexity index is 397. The minimum absolute atomic E-state index is 0.0633. The van der Waals surface area contributed by atoms with E-state index < -0.39 is 4.92 Å². The predicted octanol–water partition coefficient (Wildman–Crippen LogP) is 1.95. The minimum atomic E-state index is -0.503. The number of nitrogens with zero attached hydrogens (tertiary/aromatic N) is 1. The molecule has 1 aromatic rings. The van der Waals surface area contributed by atoms with Gasteiger partial charge in [0.15, 0.2) is 0 Å². The quantitative estimate of drug-likeness (QED) is 0.462. The topological polar surface area (TPSA) is 83.6 Å². The summed E-state index contributed by atoms with van der Waals surface area (Å²) in [7, 11) is 0. The maximum absolute atomic E-state index is 10.7. The number of nitro groups is 1. The SMILES string of the molecule is CC(CCO)Sc1ccc([N+](=O)[O-])c(CO)c1. The van der Waals surface area contributed by atoms with E-state index in [2.05, 4.69) is 0 Å². The highest BCUT2D eigenvalue weighted by Crippen LogP contribution is 2.29. The van der Waals surface area contributed by atoms with E-state index in [0.717, 1.165) is 4.90 Å². The van der Waals surface area contributed by atoms with E-state index in [1.54, 1.807) is 12.1 Å². The number of aliphatic hydroxyl groups excluding tert-OH is 2. The van der Waals surface area contributed by atoms with E-state index in [4.69, 9.17) is 10.2 Å². The molecule has 0 aliphatic carbocycles. The smallest absolute Gasteiger partial charge is 0.274 e. The normalized spacial score (nSPS) is 12.4. The van der Waals surface area contributed by atoms with Gasteiger partial charge in [0.2, 0.25) is 0 Å². The van der Waals surface area contributed by atoms with Crippen molar-refractivity contribution in [1.82, 2.24) is 0 Å². The van der Waals surface area contributed by atoms with E-state index in [1.165, 1.54) is 17.8 Å². The first kappa shape index (κ1) is 14.0. The third-order valence-electron chi connectivity index (χ3n) is 2.29. The van der Waals surface area contributed by atoms with E-state index >= 15 is 0 Å². The fourth-order valence-corrected chi connectivity index (χ4v) is 2.46. The van der Waals surface area contributed by atoms with Gasteiger partial charge in [0.05, 0.1) is 17.1 Å². The molecule has 0 aliphatic heterocycles. The van der Waals surface area contributed by atoms with Crippen LogP contribution in [0.4, 0.5) is 5.69 Å². The molecule has 17 heavy (non-hydrogen) atoms. The van der Waals surface area contributed by atoms with Crippen molar-refractivity contribution in [1.29, 1.82) is 0 Å². The zero-order valence-electron chi connectivity index (χ0n) is 9.50. The highest BCUT2D eigenvalue weighted by atomic mass is 32.2. The molecule has 6 heteroatoms. The predicted molar refractivity (Wildman–Crippen MR) is 66.0 cm³/mol. The first-order valence-corrected chi connectivity index (χ1v) is 6.12. The Hall–Kier alpha value is -1.11. The molecule has 0 fully saturated rings. The van der Waals surface area contributed by atoms with Gasteiger partial charge in [-0.15, -0.1) is 11.8 Å². The van der Waals surface area contributed by atoms with Crippen LogP contribution in [0.5, 0.6) is 0 Å². The molecular weight excluding hydrogens is 242 g/mol. The summed E-state index contributed by atoms with van der Waals surface area (Å²) in [5.41, 5.74) is 0.253. The Kier molecular flexibility index (Phi) is 5.40. The summed E-state index contributed by atoms with van der Waals surface area (Å²) in [6.07, 6.45) is 0.663. The molecule has 0 saturated heterocycles. The fraction of sp³-hybridized carbons (Fsp3) is 0.455. The van der Waals surface area contributed by atoms with Gasteiger partial charge in [0, 0.05) is 22.8 Å². The Morgan fingerprint density at radius 2 is 2.18 bits per heavy atom. The number of hydrogen-bond donors (Lipinski definition) is 2. The van der Waals surface area contributed by atoms with Crippen molar-refractivity contribution >= 4 is 17.4 Å². The third-order valence-corrected chi connectivity index (χ3v) is 3.46. The van der Waals surface area contributed by atoms with Gasteiger partial charge in [-0.2, -0.15) is 0 Å². The standard InChI is InChI=1S/C11H15NO4S/c1-8(4-5-13)17-10-2-3-11(12(15)16)9(6-10)7-14/h2-3,6,8,13-14H,4-5,7H2,1H3. The molecule has 1 rings (SSSR count). The Labute approximate surface area is 104 Å². The van der Waals surface area contributed by atoms with Crippen molar-refractivity contribution in [2.45, 2.75) is 30.1 Å². The summed E-state index contributed by atoms with van der Waals surface area (Å²) in [6.45, 7) is 1.74. The van der Waals surface area contributed by atoms with E-state index in [9.17, 15) is 10.1 Å². The van der Waals surface area contributed by atoms with Crippen LogP contribution < -0.4 is 0 Å². The van der Waals surface area contributed by atoms with Crippen molar-refractivity contribution in [2.24, 2.45) is 0 Å². The zero-order chi connectivity index (χ0) is 12.8. The first-order chi connectivity index (χ1) is 8.08. The van der Waals surface area contributed by atoms with Crippen LogP contribution in [-0.4, -0.2) is 27.0 Å². The molecule has 0 bridgehead atoms. The van der Waals surface area contributed by atoms with Crippen molar-refractivity contribution in [3.05, 3.63) is 33.9 Å². The maximum Gasteiger partial charge on any atom is 0.274 e. The third kappa shape index (κ3) is 3.99. The van der Waals surface area contributed by atoms with Crippen LogP contribution in [-0.2, 0) is 6.61 Å². The number of hydrogen-bond acceptors (Lipinski definition) is 5. The molecule has 1 atom stereocenters. The molecule has 0 amide bonds. The lowest BCUT2D eigenvalue weighted by atomic mass is 10.2. The van der Waals surface area contributed by atoms with Crippen LogP contribution in [0.2, 0.25) is 0 Å². The number of aliphatic hydroxyl groups is 2. The van der Waals surface area contributed by atoms with Crippen LogP contribution in [0, 0.1) is 10.1 Å². The van der Waals surface area contributed by atoms with Gasteiger partial charge in [-0.05, 0) is 18.6 Å². The monoisotopic (exact) mass is 257 g/mol. The zero-order valence-corrected chi connectivity index (χ0v) is 10.3. The molecule has 0 aliphatic rings. The van der Waals surface area contributed by atoms with Crippen molar-refractivity contribution in [3.63, 3.8) is 0 Å². The second-order valence-corrected chi connectivity index (χ2v) is 5.16. The molecule has 0 aromatic heterocycles. The van der Waals surface area contributed by atoms with Crippen molar-refractivity contribution < 1.29 is 15.1 Å².